The van der Waals surface area contributed by atoms with E-state index in [1.807, 2.05) is 0 Å². The van der Waals surface area contributed by atoms with Crippen LogP contribution in [-0.2, 0) is 20.0 Å². The van der Waals surface area contributed by atoms with Crippen LogP contribution in [0.2, 0.25) is 0 Å². The van der Waals surface area contributed by atoms with E-state index in [0.717, 1.165) is 8.61 Å². The van der Waals surface area contributed by atoms with Gasteiger partial charge in [0.05, 0.1) is 23.0 Å². The minimum atomic E-state index is -3.85. The molecule has 0 fully saturated rings. The summed E-state index contributed by atoms with van der Waals surface area (Å²) in [5.41, 5.74) is 1.96. The van der Waals surface area contributed by atoms with E-state index in [9.17, 15) is 21.9 Å². The summed E-state index contributed by atoms with van der Waals surface area (Å²) < 4.78 is 52.6. The summed E-state index contributed by atoms with van der Waals surface area (Å²) >= 11 is 0. The van der Waals surface area contributed by atoms with Crippen molar-refractivity contribution in [3.05, 3.63) is 47.5 Å². The highest BCUT2D eigenvalue weighted by atomic mass is 32.2. The second-order valence-electron chi connectivity index (χ2n) is 7.00. The standard InChI is InChI=1S/C19H24N2O7S2/c1-20(7-9-22)29(25,26)13-3-5-15-16-6-4-14(30(27,28)21(2)8-10-23)12-18(16)19(24)17(15)11-13/h3-6,11-12,19,22-24H,7-10H2,1-2H3. The number of sulfonamides is 2. The molecule has 0 saturated carbocycles. The van der Waals surface area contributed by atoms with Crippen molar-refractivity contribution in [2.45, 2.75) is 15.9 Å². The van der Waals surface area contributed by atoms with Gasteiger partial charge in [-0.3, -0.25) is 0 Å². The van der Waals surface area contributed by atoms with Gasteiger partial charge >= 0.3 is 0 Å². The fourth-order valence-corrected chi connectivity index (χ4v) is 5.79. The molecule has 0 amide bonds. The first-order chi connectivity index (χ1) is 14.1. The van der Waals surface area contributed by atoms with Crippen molar-refractivity contribution in [1.82, 2.24) is 8.61 Å². The van der Waals surface area contributed by atoms with Gasteiger partial charge in [-0.25, -0.2) is 16.8 Å². The Hall–Kier alpha value is -1.86. The van der Waals surface area contributed by atoms with Crippen LogP contribution < -0.4 is 0 Å². The molecule has 1 aliphatic carbocycles. The molecule has 30 heavy (non-hydrogen) atoms. The second-order valence-corrected chi connectivity index (χ2v) is 11.1. The van der Waals surface area contributed by atoms with Crippen molar-refractivity contribution in [2.24, 2.45) is 0 Å². The van der Waals surface area contributed by atoms with E-state index < -0.39 is 26.2 Å². The summed E-state index contributed by atoms with van der Waals surface area (Å²) in [6, 6.07) is 8.74. The third-order valence-electron chi connectivity index (χ3n) is 5.17. The Balaban J connectivity index is 2.03. The summed E-state index contributed by atoms with van der Waals surface area (Å²) in [4.78, 5) is -0.0563. The van der Waals surface area contributed by atoms with Crippen LogP contribution in [0.3, 0.4) is 0 Å². The minimum absolute atomic E-state index is 0.0282. The van der Waals surface area contributed by atoms with Gasteiger partial charge in [0, 0.05) is 27.2 Å². The molecule has 0 aromatic heterocycles. The quantitative estimate of drug-likeness (QED) is 0.508. The summed E-state index contributed by atoms with van der Waals surface area (Å²) in [6.07, 6.45) is -1.19. The molecule has 0 aliphatic heterocycles. The third kappa shape index (κ3) is 3.78. The van der Waals surface area contributed by atoms with Crippen molar-refractivity contribution in [2.75, 3.05) is 40.4 Å². The van der Waals surface area contributed by atoms with Crippen LogP contribution in [0, 0.1) is 0 Å². The average Bonchev–Trinajstić information content (AvgIpc) is 2.99. The van der Waals surface area contributed by atoms with Gasteiger partial charge < -0.3 is 15.3 Å². The molecule has 3 rings (SSSR count). The molecule has 0 spiro atoms. The molecule has 0 radical (unpaired) electrons. The highest BCUT2D eigenvalue weighted by Crippen LogP contribution is 2.45. The molecule has 0 atom stereocenters. The number of likely N-dealkylation sites (N-methyl/N-ethyl adjacent to an activating group) is 2. The van der Waals surface area contributed by atoms with Gasteiger partial charge in [-0.2, -0.15) is 8.61 Å². The van der Waals surface area contributed by atoms with Crippen LogP contribution >= 0.6 is 0 Å². The lowest BCUT2D eigenvalue weighted by Crippen LogP contribution is -2.29. The Morgan fingerprint density at radius 3 is 1.47 bits per heavy atom. The van der Waals surface area contributed by atoms with E-state index in [1.165, 1.54) is 38.4 Å². The van der Waals surface area contributed by atoms with Crippen molar-refractivity contribution >= 4 is 20.0 Å². The number of hydrogen-bond acceptors (Lipinski definition) is 7. The monoisotopic (exact) mass is 456 g/mol. The number of rotatable bonds is 8. The predicted octanol–water partition coefficient (Wildman–Crippen LogP) is -0.0257. The number of fused-ring (bicyclic) bond motifs is 3. The Kier molecular flexibility index (Phi) is 6.35. The van der Waals surface area contributed by atoms with Crippen molar-refractivity contribution < 1.29 is 32.2 Å². The lowest BCUT2D eigenvalue weighted by atomic mass is 10.1. The van der Waals surface area contributed by atoms with Gasteiger partial charge in [0.15, 0.2) is 0 Å². The average molecular weight is 457 g/mol. The van der Waals surface area contributed by atoms with Crippen LogP contribution in [-0.4, -0.2) is 81.2 Å². The van der Waals surface area contributed by atoms with Crippen LogP contribution in [0.4, 0.5) is 0 Å². The van der Waals surface area contributed by atoms with Gasteiger partial charge in [-0.1, -0.05) is 12.1 Å². The van der Waals surface area contributed by atoms with E-state index in [1.54, 1.807) is 12.1 Å². The minimum Gasteiger partial charge on any atom is -0.395 e. The van der Waals surface area contributed by atoms with E-state index in [-0.39, 0.29) is 36.1 Å². The van der Waals surface area contributed by atoms with Crippen LogP contribution in [0.25, 0.3) is 11.1 Å². The normalized spacial score (nSPS) is 14.4. The van der Waals surface area contributed by atoms with Gasteiger partial charge in [0.25, 0.3) is 0 Å². The van der Waals surface area contributed by atoms with Crippen molar-refractivity contribution in [3.63, 3.8) is 0 Å². The van der Waals surface area contributed by atoms with Crippen LogP contribution in [0.15, 0.2) is 46.2 Å². The molecule has 2 aromatic rings. The number of aliphatic hydroxyl groups is 3. The fraction of sp³-hybridized carbons (Fsp3) is 0.368. The largest absolute Gasteiger partial charge is 0.395 e. The summed E-state index contributed by atoms with van der Waals surface area (Å²) in [7, 11) is -4.99. The molecule has 9 nitrogen and oxygen atoms in total. The summed E-state index contributed by atoms with van der Waals surface area (Å²) in [5, 5.41) is 28.8. The number of hydrogen-bond donors (Lipinski definition) is 3. The van der Waals surface area contributed by atoms with E-state index in [2.05, 4.69) is 0 Å². The zero-order valence-electron chi connectivity index (χ0n) is 16.6. The maximum Gasteiger partial charge on any atom is 0.242 e. The second kappa shape index (κ2) is 8.35. The molecule has 0 bridgehead atoms. The highest BCUT2D eigenvalue weighted by molar-refractivity contribution is 7.89. The van der Waals surface area contributed by atoms with Gasteiger partial charge in [0.2, 0.25) is 20.0 Å². The molecular formula is C19H24N2O7S2. The van der Waals surface area contributed by atoms with Crippen molar-refractivity contribution in [3.8, 4) is 11.1 Å². The Labute approximate surface area is 175 Å². The number of nitrogens with zero attached hydrogens (tertiary/aromatic N) is 2. The SMILES string of the molecule is CN(CCO)S(=O)(=O)c1ccc2c(c1)C(O)c1cc(S(=O)(=O)N(C)CCO)ccc1-2. The van der Waals surface area contributed by atoms with Gasteiger partial charge in [0.1, 0.15) is 6.10 Å². The Morgan fingerprint density at radius 2 is 1.13 bits per heavy atom. The molecule has 164 valence electrons. The van der Waals surface area contributed by atoms with E-state index in [0.29, 0.717) is 22.3 Å². The lowest BCUT2D eigenvalue weighted by molar-refractivity contribution is 0.224. The molecule has 0 heterocycles. The summed E-state index contributed by atoms with van der Waals surface area (Å²) in [6.45, 7) is -0.775. The molecule has 0 saturated heterocycles. The van der Waals surface area contributed by atoms with Crippen LogP contribution in [0.5, 0.6) is 0 Å². The molecule has 0 unspecified atom stereocenters. The fourth-order valence-electron chi connectivity index (χ4n) is 3.39. The third-order valence-corrected chi connectivity index (χ3v) is 8.88. The Bertz CT molecular complexity index is 1070. The maximum atomic E-state index is 12.7. The first kappa shape index (κ1) is 22.8. The molecule has 11 heteroatoms. The topological polar surface area (TPSA) is 135 Å². The smallest absolute Gasteiger partial charge is 0.242 e. The predicted molar refractivity (Wildman–Crippen MR) is 110 cm³/mol. The van der Waals surface area contributed by atoms with Crippen molar-refractivity contribution in [1.29, 1.82) is 0 Å². The van der Waals surface area contributed by atoms with Gasteiger partial charge in [-0.15, -0.1) is 0 Å². The first-order valence-corrected chi connectivity index (χ1v) is 12.0. The Morgan fingerprint density at radius 1 is 0.767 bits per heavy atom. The van der Waals surface area contributed by atoms with Crippen LogP contribution in [0.1, 0.15) is 17.2 Å². The lowest BCUT2D eigenvalue weighted by Gasteiger charge is -2.17. The molecule has 2 aromatic carbocycles. The van der Waals surface area contributed by atoms with E-state index in [4.69, 9.17) is 10.2 Å². The summed E-state index contributed by atoms with van der Waals surface area (Å²) in [5.74, 6) is 0. The number of benzene rings is 2. The number of aliphatic hydroxyl groups excluding tert-OH is 3. The van der Waals surface area contributed by atoms with E-state index >= 15 is 0 Å². The highest BCUT2D eigenvalue weighted by Gasteiger charge is 2.32. The maximum absolute atomic E-state index is 12.7. The first-order valence-electron chi connectivity index (χ1n) is 9.16. The molecule has 3 N–H and O–H groups in total. The zero-order valence-corrected chi connectivity index (χ0v) is 18.2. The van der Waals surface area contributed by atoms with Gasteiger partial charge in [-0.05, 0) is 46.5 Å². The molecular weight excluding hydrogens is 432 g/mol. The molecule has 1 aliphatic rings. The zero-order chi connectivity index (χ0) is 22.3.